The summed E-state index contributed by atoms with van der Waals surface area (Å²) in [6, 6.07) is 8.30. The number of benzene rings is 1. The van der Waals surface area contributed by atoms with Gasteiger partial charge in [-0.25, -0.2) is 4.79 Å². The Morgan fingerprint density at radius 1 is 1.19 bits per heavy atom. The molecular formula is C11H13NO4. The number of hydrogen-bond donors (Lipinski definition) is 2. The summed E-state index contributed by atoms with van der Waals surface area (Å²) in [6.07, 6.45) is -0.139. The first-order valence-electron chi connectivity index (χ1n) is 4.49. The monoisotopic (exact) mass is 223 g/mol. The van der Waals surface area contributed by atoms with Gasteiger partial charge in [0.1, 0.15) is 5.78 Å². The maximum Gasteiger partial charge on any atom is 0.335 e. The van der Waals surface area contributed by atoms with E-state index in [1.54, 1.807) is 30.3 Å². The number of ketones is 1. The minimum atomic E-state index is -0.879. The lowest BCUT2D eigenvalue weighted by Crippen LogP contribution is -2.13. The fourth-order valence-electron chi connectivity index (χ4n) is 0.826. The maximum atomic E-state index is 10.2. The first kappa shape index (κ1) is 13.8. The topological polar surface area (TPSA) is 97.5 Å². The van der Waals surface area contributed by atoms with Crippen LogP contribution in [0.4, 0.5) is 0 Å². The van der Waals surface area contributed by atoms with Crippen LogP contribution in [0.1, 0.15) is 23.7 Å². The Morgan fingerprint density at radius 2 is 1.69 bits per heavy atom. The fraction of sp³-hybridized carbons (Fsp3) is 0.182. The van der Waals surface area contributed by atoms with E-state index in [1.165, 1.54) is 6.92 Å². The zero-order valence-electron chi connectivity index (χ0n) is 8.84. The van der Waals surface area contributed by atoms with Gasteiger partial charge in [-0.2, -0.15) is 0 Å². The van der Waals surface area contributed by atoms with Crippen LogP contribution in [0.15, 0.2) is 30.3 Å². The molecule has 0 aliphatic heterocycles. The molecule has 0 bridgehead atoms. The van der Waals surface area contributed by atoms with Gasteiger partial charge in [-0.15, -0.1) is 0 Å². The van der Waals surface area contributed by atoms with Gasteiger partial charge in [0.25, 0.3) is 0 Å². The second-order valence-corrected chi connectivity index (χ2v) is 3.02. The molecule has 16 heavy (non-hydrogen) atoms. The molecule has 86 valence electrons. The minimum absolute atomic E-state index is 0.139. The van der Waals surface area contributed by atoms with Crippen LogP contribution in [0, 0.1) is 0 Å². The van der Waals surface area contributed by atoms with E-state index in [-0.39, 0.29) is 12.2 Å². The smallest absolute Gasteiger partial charge is 0.335 e. The standard InChI is InChI=1S/C7H6O2.C4H7NO2/c8-7(9)6-4-2-1-3-5-6;1-3(6)2-4(5)7/h1-5H,(H,8,9);2H2,1H3,(H2,5,7). The van der Waals surface area contributed by atoms with E-state index in [0.29, 0.717) is 5.56 Å². The lowest BCUT2D eigenvalue weighted by atomic mass is 10.2. The van der Waals surface area contributed by atoms with Gasteiger partial charge < -0.3 is 10.8 Å². The summed E-state index contributed by atoms with van der Waals surface area (Å²) in [5.41, 5.74) is 4.96. The van der Waals surface area contributed by atoms with Gasteiger partial charge in [0.15, 0.2) is 0 Å². The van der Waals surface area contributed by atoms with Crippen molar-refractivity contribution in [1.82, 2.24) is 0 Å². The van der Waals surface area contributed by atoms with E-state index in [4.69, 9.17) is 5.11 Å². The highest BCUT2D eigenvalue weighted by atomic mass is 16.4. The molecule has 0 unspecified atom stereocenters. The van der Waals surface area contributed by atoms with Crippen LogP contribution in [0.25, 0.3) is 0 Å². The van der Waals surface area contributed by atoms with Crippen LogP contribution in [0.3, 0.4) is 0 Å². The van der Waals surface area contributed by atoms with E-state index in [1.807, 2.05) is 0 Å². The molecule has 0 spiro atoms. The van der Waals surface area contributed by atoms with Gasteiger partial charge in [0.05, 0.1) is 12.0 Å². The summed E-state index contributed by atoms with van der Waals surface area (Å²) in [4.78, 5) is 30.0. The third-order valence-corrected chi connectivity index (χ3v) is 1.44. The van der Waals surface area contributed by atoms with Gasteiger partial charge >= 0.3 is 5.97 Å². The number of carboxylic acids is 1. The zero-order valence-corrected chi connectivity index (χ0v) is 8.84. The Bertz CT molecular complexity index is 361. The van der Waals surface area contributed by atoms with E-state index < -0.39 is 11.9 Å². The Balaban J connectivity index is 0.000000293. The van der Waals surface area contributed by atoms with E-state index in [2.05, 4.69) is 5.73 Å². The molecule has 0 aliphatic rings. The summed E-state index contributed by atoms with van der Waals surface area (Å²) in [6.45, 7) is 1.32. The van der Waals surface area contributed by atoms with Crippen LogP contribution in [0.5, 0.6) is 0 Å². The van der Waals surface area contributed by atoms with Crippen LogP contribution < -0.4 is 5.73 Å². The molecule has 1 aromatic rings. The summed E-state index contributed by atoms with van der Waals surface area (Å²) in [5.74, 6) is -1.63. The molecule has 0 atom stereocenters. The van der Waals surface area contributed by atoms with Gasteiger partial charge in [-0.3, -0.25) is 9.59 Å². The quantitative estimate of drug-likeness (QED) is 0.742. The SMILES string of the molecule is CC(=O)CC(N)=O.O=C(O)c1ccccc1. The largest absolute Gasteiger partial charge is 0.478 e. The van der Waals surface area contributed by atoms with Crippen molar-refractivity contribution >= 4 is 17.7 Å². The number of amides is 1. The van der Waals surface area contributed by atoms with Crippen molar-refractivity contribution in [3.63, 3.8) is 0 Å². The molecule has 0 heterocycles. The number of carbonyl (C=O) groups is 3. The average Bonchev–Trinajstić information content (AvgIpc) is 2.17. The summed E-state index contributed by atoms with van der Waals surface area (Å²) >= 11 is 0. The normalized spacial score (nSPS) is 8.56. The first-order chi connectivity index (χ1) is 7.43. The van der Waals surface area contributed by atoms with Crippen molar-refractivity contribution in [2.75, 3.05) is 0 Å². The predicted octanol–water partition coefficient (Wildman–Crippen LogP) is 0.836. The van der Waals surface area contributed by atoms with Crippen molar-refractivity contribution < 1.29 is 19.5 Å². The van der Waals surface area contributed by atoms with Crippen LogP contribution in [0.2, 0.25) is 0 Å². The molecule has 1 aromatic carbocycles. The molecular weight excluding hydrogens is 210 g/mol. The second-order valence-electron chi connectivity index (χ2n) is 3.02. The van der Waals surface area contributed by atoms with Gasteiger partial charge in [-0.1, -0.05) is 18.2 Å². The number of primary amides is 1. The number of aromatic carboxylic acids is 1. The molecule has 5 heteroatoms. The number of carboxylic acid groups (broad SMARTS) is 1. The number of nitrogens with two attached hydrogens (primary N) is 1. The van der Waals surface area contributed by atoms with Crippen LogP contribution >= 0.6 is 0 Å². The Kier molecular flexibility index (Phi) is 6.19. The van der Waals surface area contributed by atoms with Crippen LogP contribution in [-0.2, 0) is 9.59 Å². The van der Waals surface area contributed by atoms with Crippen LogP contribution in [-0.4, -0.2) is 22.8 Å². The highest BCUT2D eigenvalue weighted by Crippen LogP contribution is 1.96. The number of hydrogen-bond acceptors (Lipinski definition) is 3. The molecule has 0 saturated heterocycles. The van der Waals surface area contributed by atoms with Crippen molar-refractivity contribution in [1.29, 1.82) is 0 Å². The summed E-state index contributed by atoms with van der Waals surface area (Å²) < 4.78 is 0. The fourth-order valence-corrected chi connectivity index (χ4v) is 0.826. The van der Waals surface area contributed by atoms with E-state index in [9.17, 15) is 14.4 Å². The number of rotatable bonds is 3. The molecule has 0 saturated carbocycles. The molecule has 5 nitrogen and oxygen atoms in total. The van der Waals surface area contributed by atoms with Gasteiger partial charge in [0, 0.05) is 0 Å². The molecule has 0 aromatic heterocycles. The minimum Gasteiger partial charge on any atom is -0.478 e. The molecule has 3 N–H and O–H groups in total. The van der Waals surface area contributed by atoms with E-state index in [0.717, 1.165) is 0 Å². The summed E-state index contributed by atoms with van der Waals surface area (Å²) in [7, 11) is 0. The lowest BCUT2D eigenvalue weighted by Gasteiger charge is -1.88. The molecule has 0 fully saturated rings. The Morgan fingerprint density at radius 3 is 1.88 bits per heavy atom. The number of carbonyl (C=O) groups excluding carboxylic acids is 2. The Labute approximate surface area is 92.9 Å². The molecule has 0 radical (unpaired) electrons. The average molecular weight is 223 g/mol. The third kappa shape index (κ3) is 7.25. The molecule has 0 aliphatic carbocycles. The first-order valence-corrected chi connectivity index (χ1v) is 4.49. The Hall–Kier alpha value is -2.17. The summed E-state index contributed by atoms with van der Waals surface area (Å²) in [5, 5.41) is 8.38. The zero-order chi connectivity index (χ0) is 12.6. The van der Waals surface area contributed by atoms with Crippen molar-refractivity contribution in [3.8, 4) is 0 Å². The lowest BCUT2D eigenvalue weighted by molar-refractivity contribution is -0.125. The van der Waals surface area contributed by atoms with E-state index >= 15 is 0 Å². The van der Waals surface area contributed by atoms with Crippen molar-refractivity contribution in [3.05, 3.63) is 35.9 Å². The van der Waals surface area contributed by atoms with Gasteiger partial charge in [0.2, 0.25) is 5.91 Å². The molecule has 1 amide bonds. The van der Waals surface area contributed by atoms with Crippen molar-refractivity contribution in [2.45, 2.75) is 13.3 Å². The van der Waals surface area contributed by atoms with Gasteiger partial charge in [-0.05, 0) is 19.1 Å². The second kappa shape index (κ2) is 7.17. The predicted molar refractivity (Wildman–Crippen MR) is 57.9 cm³/mol. The number of Topliss-reactive ketones (excluding diaryl/α,β-unsaturated/α-hetero) is 1. The maximum absolute atomic E-state index is 10.2. The highest BCUT2D eigenvalue weighted by Gasteiger charge is 1.96. The van der Waals surface area contributed by atoms with Crippen molar-refractivity contribution in [2.24, 2.45) is 5.73 Å². The third-order valence-electron chi connectivity index (χ3n) is 1.44. The highest BCUT2D eigenvalue weighted by molar-refractivity contribution is 5.95. The molecule has 1 rings (SSSR count).